The summed E-state index contributed by atoms with van der Waals surface area (Å²) in [5.41, 5.74) is 0.792. The van der Waals surface area contributed by atoms with Gasteiger partial charge in [0.15, 0.2) is 0 Å². The van der Waals surface area contributed by atoms with E-state index in [9.17, 15) is 0 Å². The molecular formula is C18H21O5Si. The van der Waals surface area contributed by atoms with Crippen molar-refractivity contribution in [1.29, 1.82) is 0 Å². The van der Waals surface area contributed by atoms with Crippen LogP contribution in [0.25, 0.3) is 0 Å². The number of hydrogen-bond donors (Lipinski definition) is 0. The number of hydrogen-bond acceptors (Lipinski definition) is 5. The van der Waals surface area contributed by atoms with E-state index >= 15 is 0 Å². The molecule has 0 aliphatic carbocycles. The Bertz CT molecular complexity index is 646. The Kier molecular flexibility index (Phi) is 5.74. The molecule has 0 aromatic heterocycles. The molecule has 0 saturated heterocycles. The summed E-state index contributed by atoms with van der Waals surface area (Å²) in [5.74, 6) is 2.70. The van der Waals surface area contributed by atoms with Crippen LogP contribution in [0.5, 0.6) is 23.0 Å². The molecule has 127 valence electrons. The van der Waals surface area contributed by atoms with Crippen molar-refractivity contribution < 1.29 is 23.4 Å². The third-order valence-corrected chi connectivity index (χ3v) is 4.46. The van der Waals surface area contributed by atoms with Gasteiger partial charge in [0.2, 0.25) is 10.5 Å². The largest absolute Gasteiger partial charge is 0.497 e. The van der Waals surface area contributed by atoms with Crippen molar-refractivity contribution in [2.75, 3.05) is 28.4 Å². The molecule has 5 nitrogen and oxygen atoms in total. The number of rotatable bonds is 7. The molecule has 2 rings (SSSR count). The first-order chi connectivity index (χ1) is 11.5. The molecule has 0 amide bonds. The minimum atomic E-state index is -0.855. The third kappa shape index (κ3) is 3.20. The zero-order valence-electron chi connectivity index (χ0n) is 14.5. The Morgan fingerprint density at radius 1 is 0.708 bits per heavy atom. The molecule has 6 heteroatoms. The molecule has 0 bridgehead atoms. The highest BCUT2D eigenvalue weighted by Gasteiger charge is 2.34. The normalized spacial score (nSPS) is 11.1. The van der Waals surface area contributed by atoms with Gasteiger partial charge < -0.3 is 23.4 Å². The third-order valence-electron chi connectivity index (χ3n) is 4.05. The first kappa shape index (κ1) is 18.2. The van der Waals surface area contributed by atoms with Crippen molar-refractivity contribution in [2.45, 2.75) is 12.5 Å². The summed E-state index contributed by atoms with van der Waals surface area (Å²) in [6, 6.07) is 11.2. The molecule has 0 saturated carbocycles. The van der Waals surface area contributed by atoms with Gasteiger partial charge in [-0.05, 0) is 31.2 Å². The van der Waals surface area contributed by atoms with E-state index in [2.05, 4.69) is 10.5 Å². The standard InChI is InChI=1S/C18H21O5Si/c1-18(23-24,14-8-6-12(19-2)10-16(14)21-4)15-9-7-13(20-3)11-17(15)22-5/h6-11H,1-5H3. The summed E-state index contributed by atoms with van der Waals surface area (Å²) in [5, 5.41) is 0. The Balaban J connectivity index is 2.64. The van der Waals surface area contributed by atoms with Crippen LogP contribution in [-0.4, -0.2) is 38.9 Å². The zero-order valence-corrected chi connectivity index (χ0v) is 15.5. The van der Waals surface area contributed by atoms with E-state index in [1.165, 1.54) is 0 Å². The van der Waals surface area contributed by atoms with Crippen molar-refractivity contribution in [3.63, 3.8) is 0 Å². The lowest BCUT2D eigenvalue weighted by atomic mass is 9.86. The Hall–Kier alpha value is -2.18. The van der Waals surface area contributed by atoms with E-state index in [4.69, 9.17) is 23.4 Å². The van der Waals surface area contributed by atoms with Gasteiger partial charge in [-0.25, -0.2) is 0 Å². The number of methoxy groups -OCH3 is 4. The molecular weight excluding hydrogens is 324 g/mol. The van der Waals surface area contributed by atoms with Crippen LogP contribution in [0.3, 0.4) is 0 Å². The Morgan fingerprint density at radius 3 is 1.42 bits per heavy atom. The highest BCUT2D eigenvalue weighted by Crippen LogP contribution is 2.43. The summed E-state index contributed by atoms with van der Waals surface area (Å²) in [7, 11) is 9.67. The van der Waals surface area contributed by atoms with Gasteiger partial charge in [-0.3, -0.25) is 0 Å². The average molecular weight is 345 g/mol. The van der Waals surface area contributed by atoms with Gasteiger partial charge in [-0.15, -0.1) is 0 Å². The Labute approximate surface area is 146 Å². The molecule has 24 heavy (non-hydrogen) atoms. The predicted octanol–water partition coefficient (Wildman–Crippen LogP) is 3.08. The summed E-state index contributed by atoms with van der Waals surface area (Å²) >= 11 is 0. The highest BCUT2D eigenvalue weighted by atomic mass is 28.2. The van der Waals surface area contributed by atoms with Crippen LogP contribution in [0.2, 0.25) is 0 Å². The SMILES string of the molecule is COc1ccc(C(C)(O[Si])c2ccc(OC)cc2OC)c(OC)c1. The average Bonchev–Trinajstić information content (AvgIpc) is 2.66. The number of ether oxygens (including phenoxy) is 4. The molecule has 0 unspecified atom stereocenters. The lowest BCUT2D eigenvalue weighted by molar-refractivity contribution is 0.140. The maximum atomic E-state index is 5.71. The summed E-state index contributed by atoms with van der Waals surface area (Å²) in [4.78, 5) is 0. The van der Waals surface area contributed by atoms with E-state index in [0.29, 0.717) is 23.0 Å². The van der Waals surface area contributed by atoms with Gasteiger partial charge in [0.25, 0.3) is 0 Å². The van der Waals surface area contributed by atoms with E-state index in [1.807, 2.05) is 43.3 Å². The molecule has 0 fully saturated rings. The van der Waals surface area contributed by atoms with Crippen LogP contribution in [0.15, 0.2) is 36.4 Å². The first-order valence-corrected chi connectivity index (χ1v) is 7.74. The summed E-state index contributed by atoms with van der Waals surface area (Å²) in [6.07, 6.45) is 0. The Morgan fingerprint density at radius 2 is 1.12 bits per heavy atom. The molecule has 2 aromatic rings. The van der Waals surface area contributed by atoms with Gasteiger partial charge in [0, 0.05) is 23.3 Å². The fourth-order valence-electron chi connectivity index (χ4n) is 2.64. The van der Waals surface area contributed by atoms with E-state index in [0.717, 1.165) is 11.1 Å². The molecule has 0 heterocycles. The molecule has 2 aromatic carbocycles. The van der Waals surface area contributed by atoms with Crippen molar-refractivity contribution in [3.05, 3.63) is 47.5 Å². The molecule has 0 N–H and O–H groups in total. The second-order valence-corrected chi connectivity index (χ2v) is 5.47. The van der Waals surface area contributed by atoms with Gasteiger partial charge in [0.05, 0.1) is 28.4 Å². The molecule has 0 atom stereocenters. The van der Waals surface area contributed by atoms with E-state index < -0.39 is 5.60 Å². The fourth-order valence-corrected chi connectivity index (χ4v) is 2.86. The first-order valence-electron chi connectivity index (χ1n) is 7.33. The van der Waals surface area contributed by atoms with Gasteiger partial charge in [-0.2, -0.15) is 0 Å². The topological polar surface area (TPSA) is 46.2 Å². The lowest BCUT2D eigenvalue weighted by Crippen LogP contribution is -2.28. The second-order valence-electron chi connectivity index (χ2n) is 5.27. The van der Waals surface area contributed by atoms with Crippen molar-refractivity contribution in [3.8, 4) is 23.0 Å². The lowest BCUT2D eigenvalue weighted by Gasteiger charge is -2.32. The maximum absolute atomic E-state index is 5.71. The number of benzene rings is 2. The van der Waals surface area contributed by atoms with Crippen molar-refractivity contribution in [1.82, 2.24) is 0 Å². The second kappa shape index (κ2) is 7.59. The summed E-state index contributed by atoms with van der Waals surface area (Å²) < 4.78 is 27.3. The van der Waals surface area contributed by atoms with Crippen molar-refractivity contribution >= 4 is 10.5 Å². The van der Waals surface area contributed by atoms with Gasteiger partial charge in [-0.1, -0.05) is 0 Å². The molecule has 3 radical (unpaired) electrons. The maximum Gasteiger partial charge on any atom is 0.248 e. The van der Waals surface area contributed by atoms with Gasteiger partial charge >= 0.3 is 0 Å². The van der Waals surface area contributed by atoms with Crippen LogP contribution < -0.4 is 18.9 Å². The highest BCUT2D eigenvalue weighted by molar-refractivity contribution is 5.98. The molecule has 0 spiro atoms. The smallest absolute Gasteiger partial charge is 0.248 e. The fraction of sp³-hybridized carbons (Fsp3) is 0.333. The minimum Gasteiger partial charge on any atom is -0.497 e. The van der Waals surface area contributed by atoms with Crippen LogP contribution >= 0.6 is 0 Å². The van der Waals surface area contributed by atoms with Crippen LogP contribution in [0, 0.1) is 0 Å². The molecule has 0 aliphatic heterocycles. The van der Waals surface area contributed by atoms with Crippen LogP contribution in [0.4, 0.5) is 0 Å². The van der Waals surface area contributed by atoms with Crippen LogP contribution in [-0.2, 0) is 10.0 Å². The van der Waals surface area contributed by atoms with Gasteiger partial charge in [0.1, 0.15) is 28.6 Å². The predicted molar refractivity (Wildman–Crippen MR) is 92.4 cm³/mol. The van der Waals surface area contributed by atoms with E-state index in [1.54, 1.807) is 28.4 Å². The van der Waals surface area contributed by atoms with Crippen molar-refractivity contribution in [2.24, 2.45) is 0 Å². The van der Waals surface area contributed by atoms with Crippen LogP contribution in [0.1, 0.15) is 18.1 Å². The summed E-state index contributed by atoms with van der Waals surface area (Å²) in [6.45, 7) is 1.93. The quantitative estimate of drug-likeness (QED) is 0.722. The van der Waals surface area contributed by atoms with E-state index in [-0.39, 0.29) is 0 Å². The molecule has 0 aliphatic rings. The minimum absolute atomic E-state index is 0.646. The monoisotopic (exact) mass is 345 g/mol. The zero-order chi connectivity index (χ0) is 17.7.